The van der Waals surface area contributed by atoms with Gasteiger partial charge in [-0.3, -0.25) is 15.0 Å². The first-order valence-electron chi connectivity index (χ1n) is 4.20. The molecule has 7 nitrogen and oxygen atoms in total. The summed E-state index contributed by atoms with van der Waals surface area (Å²) in [6, 6.07) is 5.68. The number of amides is 2. The van der Waals surface area contributed by atoms with E-state index < -0.39 is 21.8 Å². The molecule has 0 saturated heterocycles. The van der Waals surface area contributed by atoms with Crippen LogP contribution in [0.1, 0.15) is 0 Å². The van der Waals surface area contributed by atoms with E-state index in [0.717, 1.165) is 0 Å². The highest BCUT2D eigenvalue weighted by Gasteiger charge is 2.16. The highest BCUT2D eigenvalue weighted by atomic mass is 79.9. The lowest BCUT2D eigenvalue weighted by Gasteiger charge is -2.06. The van der Waals surface area contributed by atoms with Gasteiger partial charge in [-0.05, 0) is 24.3 Å². The number of nitrogens with two attached hydrogens (primary N) is 1. The molecule has 1 rings (SSSR count). The van der Waals surface area contributed by atoms with E-state index >= 15 is 0 Å². The Morgan fingerprint density at radius 1 is 1.18 bits per heavy atom. The lowest BCUT2D eigenvalue weighted by molar-refractivity contribution is -0.137. The molecule has 0 aliphatic carbocycles. The Bertz CT molecular complexity index is 540. The predicted octanol–water partition coefficient (Wildman–Crippen LogP) is -0.756. The average Bonchev–Trinajstić information content (AvgIpc) is 2.26. The van der Waals surface area contributed by atoms with E-state index in [9.17, 15) is 18.0 Å². The molecule has 0 saturated carbocycles. The Morgan fingerprint density at radius 2 is 1.71 bits per heavy atom. The van der Waals surface area contributed by atoms with Crippen molar-refractivity contribution in [1.82, 2.24) is 10.3 Å². The van der Waals surface area contributed by atoms with E-state index in [4.69, 9.17) is 0 Å². The van der Waals surface area contributed by atoms with Gasteiger partial charge in [0.25, 0.3) is 10.0 Å². The van der Waals surface area contributed by atoms with Crippen molar-refractivity contribution < 1.29 is 18.0 Å². The summed E-state index contributed by atoms with van der Waals surface area (Å²) < 4.78 is 23.9. The fourth-order valence-corrected chi connectivity index (χ4v) is 1.95. The molecule has 9 heteroatoms. The smallest absolute Gasteiger partial charge is 0.324 e. The van der Waals surface area contributed by atoms with Gasteiger partial charge in [-0.15, -0.1) is 4.83 Å². The lowest BCUT2D eigenvalue weighted by atomic mass is 10.4. The van der Waals surface area contributed by atoms with Crippen LogP contribution in [0.4, 0.5) is 0 Å². The quantitative estimate of drug-likeness (QED) is 0.501. The Balaban J connectivity index is 2.79. The van der Waals surface area contributed by atoms with Crippen LogP contribution in [0.2, 0.25) is 0 Å². The van der Waals surface area contributed by atoms with Gasteiger partial charge >= 0.3 is 11.8 Å². The number of sulfonamides is 1. The maximum Gasteiger partial charge on any atom is 0.324 e. The van der Waals surface area contributed by atoms with E-state index in [0.29, 0.717) is 4.47 Å². The van der Waals surface area contributed by atoms with Crippen molar-refractivity contribution in [2.45, 2.75) is 4.90 Å². The molecule has 4 N–H and O–H groups in total. The third-order valence-corrected chi connectivity index (χ3v) is 3.44. The number of hydrazine groups is 1. The topological polar surface area (TPSA) is 118 Å². The molecular weight excluding hydrogens is 314 g/mol. The van der Waals surface area contributed by atoms with Crippen LogP contribution >= 0.6 is 15.9 Å². The summed E-state index contributed by atoms with van der Waals surface area (Å²) in [5, 5.41) is 0. The first-order valence-corrected chi connectivity index (χ1v) is 6.48. The summed E-state index contributed by atoms with van der Waals surface area (Å²) in [5.41, 5.74) is 6.30. The molecule has 0 unspecified atom stereocenters. The summed E-state index contributed by atoms with van der Waals surface area (Å²) in [6.45, 7) is 0. The molecular formula is C8H8BrN3O4S. The zero-order valence-electron chi connectivity index (χ0n) is 8.31. The molecule has 0 radical (unpaired) electrons. The number of carbonyl (C=O) groups is 2. The van der Waals surface area contributed by atoms with Gasteiger partial charge in [-0.1, -0.05) is 15.9 Å². The molecule has 0 atom stereocenters. The molecule has 17 heavy (non-hydrogen) atoms. The minimum absolute atomic E-state index is 0.0644. The van der Waals surface area contributed by atoms with Gasteiger partial charge in [0.1, 0.15) is 0 Å². The SMILES string of the molecule is NC(=O)C(=O)NNS(=O)(=O)c1ccc(Br)cc1. The molecule has 2 amide bonds. The Hall–Kier alpha value is -1.45. The van der Waals surface area contributed by atoms with Crippen molar-refractivity contribution in [1.29, 1.82) is 0 Å². The molecule has 0 spiro atoms. The van der Waals surface area contributed by atoms with Crippen LogP contribution in [0, 0.1) is 0 Å². The largest absolute Gasteiger partial charge is 0.361 e. The predicted molar refractivity (Wildman–Crippen MR) is 61.8 cm³/mol. The van der Waals surface area contributed by atoms with Gasteiger partial charge < -0.3 is 5.73 Å². The van der Waals surface area contributed by atoms with Crippen molar-refractivity contribution in [3.8, 4) is 0 Å². The van der Waals surface area contributed by atoms with E-state index in [1.54, 1.807) is 10.3 Å². The number of hydrogen-bond acceptors (Lipinski definition) is 4. The molecule has 1 aromatic carbocycles. The summed E-state index contributed by atoms with van der Waals surface area (Å²) in [4.78, 5) is 22.8. The van der Waals surface area contributed by atoms with E-state index in [2.05, 4.69) is 21.7 Å². The third kappa shape index (κ3) is 3.80. The van der Waals surface area contributed by atoms with Crippen molar-refractivity contribution >= 4 is 37.8 Å². The van der Waals surface area contributed by atoms with Crippen molar-refractivity contribution in [2.24, 2.45) is 5.73 Å². The molecule has 0 heterocycles. The number of hydrogen-bond donors (Lipinski definition) is 3. The number of primary amides is 1. The second kappa shape index (κ2) is 5.25. The summed E-state index contributed by atoms with van der Waals surface area (Å²) in [7, 11) is -3.92. The first-order chi connectivity index (χ1) is 7.83. The zero-order valence-corrected chi connectivity index (χ0v) is 10.7. The fourth-order valence-electron chi connectivity index (χ4n) is 0.848. The van der Waals surface area contributed by atoms with Gasteiger partial charge in [-0.2, -0.15) is 0 Å². The van der Waals surface area contributed by atoms with E-state index in [1.807, 2.05) is 0 Å². The maximum absolute atomic E-state index is 11.6. The van der Waals surface area contributed by atoms with E-state index in [1.165, 1.54) is 24.3 Å². The Labute approximate surface area is 106 Å². The van der Waals surface area contributed by atoms with Crippen LogP contribution in [0.15, 0.2) is 33.6 Å². The van der Waals surface area contributed by atoms with Gasteiger partial charge in [0.2, 0.25) is 0 Å². The number of nitrogens with one attached hydrogen (secondary N) is 2. The van der Waals surface area contributed by atoms with Crippen molar-refractivity contribution in [3.63, 3.8) is 0 Å². The zero-order chi connectivity index (χ0) is 13.1. The molecule has 0 aromatic heterocycles. The fraction of sp³-hybridized carbons (Fsp3) is 0. The maximum atomic E-state index is 11.6. The van der Waals surface area contributed by atoms with Gasteiger partial charge in [0.15, 0.2) is 0 Å². The summed E-state index contributed by atoms with van der Waals surface area (Å²) >= 11 is 3.15. The molecule has 0 aliphatic rings. The second-order valence-corrected chi connectivity index (χ2v) is 5.48. The second-order valence-electron chi connectivity index (χ2n) is 2.88. The Morgan fingerprint density at radius 3 is 2.18 bits per heavy atom. The minimum Gasteiger partial charge on any atom is -0.361 e. The van der Waals surface area contributed by atoms with Crippen molar-refractivity contribution in [2.75, 3.05) is 0 Å². The summed E-state index contributed by atoms with van der Waals surface area (Å²) in [5.74, 6) is -2.53. The highest BCUT2D eigenvalue weighted by Crippen LogP contribution is 2.13. The first kappa shape index (κ1) is 13.6. The summed E-state index contributed by atoms with van der Waals surface area (Å²) in [6.07, 6.45) is 0. The molecule has 1 aromatic rings. The van der Waals surface area contributed by atoms with E-state index in [-0.39, 0.29) is 4.90 Å². The molecule has 0 fully saturated rings. The molecule has 0 aliphatic heterocycles. The third-order valence-electron chi connectivity index (χ3n) is 1.65. The van der Waals surface area contributed by atoms with Crippen LogP contribution in [0.3, 0.4) is 0 Å². The number of rotatable bonds is 3. The minimum atomic E-state index is -3.92. The standard InChI is InChI=1S/C8H8BrN3O4S/c9-5-1-3-6(4-2-5)17(15,16)12-11-8(14)7(10)13/h1-4,12H,(H2,10,13)(H,11,14). The van der Waals surface area contributed by atoms with Crippen LogP contribution in [-0.4, -0.2) is 20.2 Å². The lowest BCUT2D eigenvalue weighted by Crippen LogP contribution is -2.46. The van der Waals surface area contributed by atoms with Crippen LogP contribution in [-0.2, 0) is 19.6 Å². The van der Waals surface area contributed by atoms with Crippen LogP contribution < -0.4 is 16.0 Å². The average molecular weight is 322 g/mol. The normalized spacial score (nSPS) is 10.9. The number of benzene rings is 1. The molecule has 92 valence electrons. The highest BCUT2D eigenvalue weighted by molar-refractivity contribution is 9.10. The number of carbonyl (C=O) groups excluding carboxylic acids is 2. The van der Waals surface area contributed by atoms with Gasteiger partial charge in [0, 0.05) is 4.47 Å². The Kier molecular flexibility index (Phi) is 4.21. The monoisotopic (exact) mass is 321 g/mol. The van der Waals surface area contributed by atoms with Gasteiger partial charge in [-0.25, -0.2) is 8.42 Å². The number of halogens is 1. The van der Waals surface area contributed by atoms with Crippen molar-refractivity contribution in [3.05, 3.63) is 28.7 Å². The van der Waals surface area contributed by atoms with Gasteiger partial charge in [0.05, 0.1) is 4.90 Å². The van der Waals surface area contributed by atoms with Crippen LogP contribution in [0.5, 0.6) is 0 Å². The molecule has 0 bridgehead atoms. The van der Waals surface area contributed by atoms with Crippen LogP contribution in [0.25, 0.3) is 0 Å².